The van der Waals surface area contributed by atoms with Gasteiger partial charge in [0.1, 0.15) is 22.9 Å². The van der Waals surface area contributed by atoms with Gasteiger partial charge in [-0.1, -0.05) is 11.6 Å². The zero-order valence-corrected chi connectivity index (χ0v) is 16.0. The van der Waals surface area contributed by atoms with Gasteiger partial charge in [0.2, 0.25) is 0 Å². The minimum atomic E-state index is -5.83. The van der Waals surface area contributed by atoms with Crippen molar-refractivity contribution in [1.29, 1.82) is 0 Å². The molecule has 4 nitrogen and oxygen atoms in total. The van der Waals surface area contributed by atoms with Crippen LogP contribution in [0.5, 0.6) is 11.5 Å². The Hall–Kier alpha value is -2.26. The van der Waals surface area contributed by atoms with Crippen LogP contribution in [-0.2, 0) is 10.1 Å². The monoisotopic (exact) mass is 436 g/mol. The van der Waals surface area contributed by atoms with Crippen molar-refractivity contribution in [2.24, 2.45) is 0 Å². The van der Waals surface area contributed by atoms with Gasteiger partial charge >= 0.3 is 15.6 Å². The first-order valence-corrected chi connectivity index (χ1v) is 9.60. The summed E-state index contributed by atoms with van der Waals surface area (Å²) in [6.45, 7) is 3.31. The molecule has 0 saturated carbocycles. The van der Waals surface area contributed by atoms with E-state index in [0.717, 1.165) is 18.2 Å². The number of fused-ring (bicyclic) bond motifs is 1. The van der Waals surface area contributed by atoms with E-state index in [0.29, 0.717) is 11.1 Å². The lowest BCUT2D eigenvalue weighted by Gasteiger charge is -2.31. The van der Waals surface area contributed by atoms with Gasteiger partial charge in [0, 0.05) is 22.2 Å². The van der Waals surface area contributed by atoms with Crippen molar-refractivity contribution in [3.8, 4) is 11.5 Å². The summed E-state index contributed by atoms with van der Waals surface area (Å²) in [5.74, 6) is -1.13. The van der Waals surface area contributed by atoms with Gasteiger partial charge in [-0.25, -0.2) is 4.39 Å². The van der Waals surface area contributed by atoms with E-state index in [1.807, 2.05) is 0 Å². The van der Waals surface area contributed by atoms with Crippen molar-refractivity contribution < 1.29 is 34.9 Å². The third kappa shape index (κ3) is 3.95. The minimum Gasteiger partial charge on any atom is -0.483 e. The molecule has 0 aromatic heterocycles. The molecule has 0 unspecified atom stereocenters. The molecule has 0 amide bonds. The molecule has 28 heavy (non-hydrogen) atoms. The van der Waals surface area contributed by atoms with Crippen LogP contribution in [0.2, 0.25) is 5.02 Å². The summed E-state index contributed by atoms with van der Waals surface area (Å²) in [5, 5.41) is 0.203. The van der Waals surface area contributed by atoms with Gasteiger partial charge in [-0.3, -0.25) is 0 Å². The molecule has 1 aliphatic heterocycles. The van der Waals surface area contributed by atoms with Crippen molar-refractivity contribution in [3.63, 3.8) is 0 Å². The molecule has 10 heteroatoms. The van der Waals surface area contributed by atoms with Crippen LogP contribution in [0.4, 0.5) is 17.6 Å². The van der Waals surface area contributed by atoms with Crippen LogP contribution < -0.4 is 8.92 Å². The average Bonchev–Trinajstić information content (AvgIpc) is 2.51. The summed E-state index contributed by atoms with van der Waals surface area (Å²) >= 11 is 5.78. The normalized spacial score (nSPS) is 16.0. The third-order valence-electron chi connectivity index (χ3n) is 3.82. The highest BCUT2D eigenvalue weighted by Gasteiger charge is 2.48. The Bertz CT molecular complexity index is 1080. The minimum absolute atomic E-state index is 0.0479. The molecule has 0 radical (unpaired) electrons. The van der Waals surface area contributed by atoms with Gasteiger partial charge in [0.15, 0.2) is 0 Å². The second-order valence-corrected chi connectivity index (χ2v) is 8.50. The summed E-state index contributed by atoms with van der Waals surface area (Å²) in [4.78, 5) is 0. The number of hydrogen-bond acceptors (Lipinski definition) is 4. The smallest absolute Gasteiger partial charge is 0.483 e. The SMILES string of the molecule is CC1(C)C=C(c2ccc(Cl)cc2F)c2ccc(OS(=O)(=O)C(F)(F)F)cc2O1. The average molecular weight is 437 g/mol. The molecule has 0 aliphatic carbocycles. The quantitative estimate of drug-likeness (QED) is 0.372. The molecule has 0 fully saturated rings. The van der Waals surface area contributed by atoms with Crippen LogP contribution in [0, 0.1) is 5.82 Å². The van der Waals surface area contributed by atoms with Crippen molar-refractivity contribution in [3.05, 3.63) is 64.4 Å². The van der Waals surface area contributed by atoms with Crippen molar-refractivity contribution in [1.82, 2.24) is 0 Å². The highest BCUT2D eigenvalue weighted by molar-refractivity contribution is 7.88. The number of rotatable bonds is 3. The maximum atomic E-state index is 14.4. The second kappa shape index (κ2) is 6.66. The zero-order chi connectivity index (χ0) is 20.9. The number of halogens is 5. The Kier molecular flexibility index (Phi) is 4.87. The fourth-order valence-electron chi connectivity index (χ4n) is 2.70. The Morgan fingerprint density at radius 2 is 1.71 bits per heavy atom. The predicted octanol–water partition coefficient (Wildman–Crippen LogP) is 5.31. The lowest BCUT2D eigenvalue weighted by Crippen LogP contribution is -2.30. The molecule has 0 N–H and O–H groups in total. The topological polar surface area (TPSA) is 52.6 Å². The van der Waals surface area contributed by atoms with Crippen molar-refractivity contribution >= 4 is 27.3 Å². The third-order valence-corrected chi connectivity index (χ3v) is 5.03. The van der Waals surface area contributed by atoms with Crippen LogP contribution in [-0.4, -0.2) is 19.5 Å². The van der Waals surface area contributed by atoms with Crippen LogP contribution in [0.15, 0.2) is 42.5 Å². The maximum Gasteiger partial charge on any atom is 0.534 e. The predicted molar refractivity (Wildman–Crippen MR) is 95.2 cm³/mol. The Labute approximate surface area is 163 Å². The van der Waals surface area contributed by atoms with Crippen molar-refractivity contribution in [2.75, 3.05) is 0 Å². The van der Waals surface area contributed by atoms with E-state index >= 15 is 0 Å². The van der Waals surface area contributed by atoms with Crippen LogP contribution >= 0.6 is 11.6 Å². The standard InChI is InChI=1S/C18H13ClF4O4S/c1-17(2)9-14(12-5-3-10(19)7-15(12)20)13-6-4-11(8-16(13)26-17)27-28(24,25)18(21,22)23/h3-9H,1-2H3. The van der Waals surface area contributed by atoms with Crippen LogP contribution in [0.3, 0.4) is 0 Å². The number of alkyl halides is 3. The molecule has 0 bridgehead atoms. The van der Waals surface area contributed by atoms with Crippen molar-refractivity contribution in [2.45, 2.75) is 25.0 Å². The maximum absolute atomic E-state index is 14.4. The lowest BCUT2D eigenvalue weighted by molar-refractivity contribution is -0.0500. The Balaban J connectivity index is 2.08. The summed E-state index contributed by atoms with van der Waals surface area (Å²) in [6.07, 6.45) is 1.65. The van der Waals surface area contributed by atoms with Gasteiger partial charge < -0.3 is 8.92 Å². The van der Waals surface area contributed by atoms with E-state index in [9.17, 15) is 26.0 Å². The van der Waals surface area contributed by atoms with E-state index < -0.39 is 32.8 Å². The van der Waals surface area contributed by atoms with Gasteiger partial charge in [-0.2, -0.15) is 21.6 Å². The molecule has 150 valence electrons. The van der Waals surface area contributed by atoms with Gasteiger partial charge in [0.05, 0.1) is 0 Å². The molecule has 2 aromatic rings. The summed E-state index contributed by atoms with van der Waals surface area (Å²) in [6, 6.07) is 7.44. The highest BCUT2D eigenvalue weighted by atomic mass is 35.5. The van der Waals surface area contributed by atoms with Gasteiger partial charge in [0.25, 0.3) is 0 Å². The van der Waals surface area contributed by atoms with E-state index in [4.69, 9.17) is 16.3 Å². The summed E-state index contributed by atoms with van der Waals surface area (Å²) < 4.78 is 84.3. The van der Waals surface area contributed by atoms with E-state index in [1.54, 1.807) is 19.9 Å². The highest BCUT2D eigenvalue weighted by Crippen LogP contribution is 2.42. The van der Waals surface area contributed by atoms with Crippen LogP contribution in [0.25, 0.3) is 5.57 Å². The van der Waals surface area contributed by atoms with Gasteiger partial charge in [-0.05, 0) is 55.8 Å². The Morgan fingerprint density at radius 3 is 2.32 bits per heavy atom. The first kappa shape index (κ1) is 20.5. The zero-order valence-electron chi connectivity index (χ0n) is 14.5. The number of hydrogen-bond donors (Lipinski definition) is 0. The van der Waals surface area contributed by atoms with E-state index in [1.165, 1.54) is 18.2 Å². The molecule has 1 heterocycles. The largest absolute Gasteiger partial charge is 0.534 e. The summed E-state index contributed by atoms with van der Waals surface area (Å²) in [7, 11) is -5.83. The molecular formula is C18H13ClF4O4S. The first-order chi connectivity index (χ1) is 12.8. The molecule has 0 spiro atoms. The second-order valence-electron chi connectivity index (χ2n) is 6.53. The van der Waals surface area contributed by atoms with Crippen LogP contribution in [0.1, 0.15) is 25.0 Å². The molecule has 0 atom stereocenters. The number of ether oxygens (including phenoxy) is 1. The molecule has 1 aliphatic rings. The first-order valence-electron chi connectivity index (χ1n) is 7.81. The van der Waals surface area contributed by atoms with Gasteiger partial charge in [-0.15, -0.1) is 0 Å². The fraction of sp³-hybridized carbons (Fsp3) is 0.222. The fourth-order valence-corrected chi connectivity index (χ4v) is 3.31. The summed E-state index contributed by atoms with van der Waals surface area (Å²) in [5.41, 5.74) is -5.53. The Morgan fingerprint density at radius 1 is 1.07 bits per heavy atom. The van der Waals surface area contributed by atoms with E-state index in [-0.39, 0.29) is 16.3 Å². The van der Waals surface area contributed by atoms with E-state index in [2.05, 4.69) is 4.18 Å². The molecule has 3 rings (SSSR count). The number of benzene rings is 2. The molecule has 0 saturated heterocycles. The molecular weight excluding hydrogens is 424 g/mol. The lowest BCUT2D eigenvalue weighted by atomic mass is 9.89. The molecule has 2 aromatic carbocycles.